The first kappa shape index (κ1) is 12.0. The maximum Gasteiger partial charge on any atom is 0.255 e. The molecule has 0 aliphatic rings. The van der Waals surface area contributed by atoms with Crippen molar-refractivity contribution in [2.24, 2.45) is 5.73 Å². The summed E-state index contributed by atoms with van der Waals surface area (Å²) in [6.45, 7) is 0.575. The van der Waals surface area contributed by atoms with Gasteiger partial charge in [-0.15, -0.1) is 0 Å². The Labute approximate surface area is 96.9 Å². The Morgan fingerprint density at radius 2 is 2.33 bits per heavy atom. The molecular formula is C10H13BrN2O2. The molecule has 1 aromatic rings. The number of halogens is 1. The van der Waals surface area contributed by atoms with Crippen molar-refractivity contribution >= 4 is 21.8 Å². The van der Waals surface area contributed by atoms with Crippen LogP contribution in [0.1, 0.15) is 5.56 Å². The van der Waals surface area contributed by atoms with Crippen LogP contribution in [-0.4, -0.2) is 19.6 Å². The van der Waals surface area contributed by atoms with Crippen molar-refractivity contribution in [3.05, 3.63) is 28.2 Å². The minimum atomic E-state index is -0.478. The fourth-order valence-corrected chi connectivity index (χ4v) is 1.57. The highest BCUT2D eigenvalue weighted by Gasteiger charge is 2.05. The predicted molar refractivity (Wildman–Crippen MR) is 61.6 cm³/mol. The number of amides is 1. The molecule has 0 radical (unpaired) electrons. The summed E-state index contributed by atoms with van der Waals surface area (Å²) in [6.07, 6.45) is 0. The topological polar surface area (TPSA) is 64.3 Å². The van der Waals surface area contributed by atoms with E-state index in [0.717, 1.165) is 10.0 Å². The number of rotatable bonds is 5. The number of carbonyl (C=O) groups is 1. The van der Waals surface area contributed by atoms with E-state index in [9.17, 15) is 4.79 Å². The molecule has 0 spiro atoms. The van der Waals surface area contributed by atoms with Gasteiger partial charge in [-0.2, -0.15) is 0 Å². The molecule has 1 rings (SSSR count). The third-order valence-electron chi connectivity index (χ3n) is 1.76. The molecule has 15 heavy (non-hydrogen) atoms. The molecule has 0 aromatic heterocycles. The van der Waals surface area contributed by atoms with Crippen LogP contribution in [0.15, 0.2) is 22.7 Å². The van der Waals surface area contributed by atoms with Crippen molar-refractivity contribution in [3.63, 3.8) is 0 Å². The highest BCUT2D eigenvalue weighted by Crippen LogP contribution is 2.22. The summed E-state index contributed by atoms with van der Waals surface area (Å²) in [6, 6.07) is 5.60. The number of nitrogens with two attached hydrogens (primary N) is 1. The van der Waals surface area contributed by atoms with Crippen molar-refractivity contribution in [1.29, 1.82) is 0 Å². The van der Waals surface area contributed by atoms with Crippen LogP contribution < -0.4 is 15.8 Å². The van der Waals surface area contributed by atoms with E-state index in [-0.39, 0.29) is 6.61 Å². The van der Waals surface area contributed by atoms with E-state index >= 15 is 0 Å². The second kappa shape index (κ2) is 5.72. The Kier molecular flexibility index (Phi) is 4.58. The van der Waals surface area contributed by atoms with Gasteiger partial charge >= 0.3 is 0 Å². The molecule has 0 heterocycles. The molecule has 0 aliphatic heterocycles. The minimum absolute atomic E-state index is 0.0989. The fraction of sp³-hybridized carbons (Fsp3) is 0.300. The smallest absolute Gasteiger partial charge is 0.255 e. The number of primary amides is 1. The van der Waals surface area contributed by atoms with Crippen LogP contribution in [0.2, 0.25) is 0 Å². The second-order valence-corrected chi connectivity index (χ2v) is 3.95. The lowest BCUT2D eigenvalue weighted by Crippen LogP contribution is -2.20. The van der Waals surface area contributed by atoms with E-state index < -0.39 is 5.91 Å². The zero-order valence-electron chi connectivity index (χ0n) is 8.42. The Balaban J connectivity index is 2.80. The average Bonchev–Trinajstić information content (AvgIpc) is 2.17. The molecule has 3 N–H and O–H groups in total. The molecule has 0 unspecified atom stereocenters. The quantitative estimate of drug-likeness (QED) is 0.842. The van der Waals surface area contributed by atoms with Crippen LogP contribution in [0.4, 0.5) is 0 Å². The van der Waals surface area contributed by atoms with E-state index in [1.165, 1.54) is 0 Å². The number of benzene rings is 1. The van der Waals surface area contributed by atoms with Gasteiger partial charge in [0.05, 0.1) is 0 Å². The highest BCUT2D eigenvalue weighted by molar-refractivity contribution is 9.10. The Morgan fingerprint density at radius 3 is 2.93 bits per heavy atom. The molecular weight excluding hydrogens is 260 g/mol. The molecule has 1 aromatic carbocycles. The summed E-state index contributed by atoms with van der Waals surface area (Å²) in [5, 5.41) is 3.02. The number of hydrogen-bond donors (Lipinski definition) is 2. The van der Waals surface area contributed by atoms with Crippen LogP contribution in [0.5, 0.6) is 5.75 Å². The van der Waals surface area contributed by atoms with Gasteiger partial charge in [0.15, 0.2) is 6.61 Å². The molecule has 0 saturated carbocycles. The van der Waals surface area contributed by atoms with Gasteiger partial charge in [-0.25, -0.2) is 0 Å². The molecule has 5 heteroatoms. The summed E-state index contributed by atoms with van der Waals surface area (Å²) in [5.41, 5.74) is 5.99. The van der Waals surface area contributed by atoms with Crippen LogP contribution >= 0.6 is 15.9 Å². The monoisotopic (exact) mass is 272 g/mol. The number of ether oxygens (including phenoxy) is 1. The molecule has 0 saturated heterocycles. The minimum Gasteiger partial charge on any atom is -0.483 e. The third-order valence-corrected chi connectivity index (χ3v) is 2.25. The van der Waals surface area contributed by atoms with Gasteiger partial charge in [0.25, 0.3) is 5.91 Å². The SMILES string of the molecule is CNCc1cc(Br)ccc1OCC(N)=O. The third kappa shape index (κ3) is 3.89. The largest absolute Gasteiger partial charge is 0.483 e. The first-order valence-corrected chi connectivity index (χ1v) is 5.27. The van der Waals surface area contributed by atoms with Gasteiger partial charge in [-0.1, -0.05) is 15.9 Å². The van der Waals surface area contributed by atoms with Gasteiger partial charge in [0.2, 0.25) is 0 Å². The van der Waals surface area contributed by atoms with Gasteiger partial charge in [0.1, 0.15) is 5.75 Å². The van der Waals surface area contributed by atoms with E-state index in [1.54, 1.807) is 6.07 Å². The Hall–Kier alpha value is -1.07. The Bertz CT molecular complexity index is 355. The average molecular weight is 273 g/mol. The number of nitrogens with one attached hydrogen (secondary N) is 1. The standard InChI is InChI=1S/C10H13BrN2O2/c1-13-5-7-4-8(11)2-3-9(7)15-6-10(12)14/h2-4,13H,5-6H2,1H3,(H2,12,14). The van der Waals surface area contributed by atoms with E-state index in [0.29, 0.717) is 12.3 Å². The lowest BCUT2D eigenvalue weighted by atomic mass is 10.2. The van der Waals surface area contributed by atoms with E-state index in [4.69, 9.17) is 10.5 Å². The molecule has 4 nitrogen and oxygen atoms in total. The van der Waals surface area contributed by atoms with Crippen molar-refractivity contribution in [1.82, 2.24) is 5.32 Å². The van der Waals surface area contributed by atoms with Crippen LogP contribution in [0, 0.1) is 0 Å². The first-order valence-electron chi connectivity index (χ1n) is 4.47. The molecule has 1 amide bonds. The molecule has 0 bridgehead atoms. The zero-order chi connectivity index (χ0) is 11.3. The van der Waals surface area contributed by atoms with Crippen molar-refractivity contribution < 1.29 is 9.53 Å². The van der Waals surface area contributed by atoms with Crippen LogP contribution in [0.3, 0.4) is 0 Å². The summed E-state index contributed by atoms with van der Waals surface area (Å²) < 4.78 is 6.24. The summed E-state index contributed by atoms with van der Waals surface area (Å²) >= 11 is 3.37. The van der Waals surface area contributed by atoms with Gasteiger partial charge in [-0.3, -0.25) is 4.79 Å². The summed E-state index contributed by atoms with van der Waals surface area (Å²) in [7, 11) is 1.85. The normalized spacial score (nSPS) is 10.0. The summed E-state index contributed by atoms with van der Waals surface area (Å²) in [5.74, 6) is 0.194. The van der Waals surface area contributed by atoms with Gasteiger partial charge < -0.3 is 15.8 Å². The van der Waals surface area contributed by atoms with Crippen molar-refractivity contribution in [2.75, 3.05) is 13.7 Å². The van der Waals surface area contributed by atoms with Crippen LogP contribution in [-0.2, 0) is 11.3 Å². The number of carbonyl (C=O) groups excluding carboxylic acids is 1. The van der Waals surface area contributed by atoms with Gasteiger partial charge in [-0.05, 0) is 25.2 Å². The molecule has 0 fully saturated rings. The van der Waals surface area contributed by atoms with E-state index in [2.05, 4.69) is 21.2 Å². The maximum atomic E-state index is 10.6. The number of hydrogen-bond acceptors (Lipinski definition) is 3. The van der Waals surface area contributed by atoms with E-state index in [1.807, 2.05) is 19.2 Å². The molecule has 0 aliphatic carbocycles. The van der Waals surface area contributed by atoms with Gasteiger partial charge in [0, 0.05) is 16.6 Å². The summed E-state index contributed by atoms with van der Waals surface area (Å²) in [4.78, 5) is 10.6. The highest BCUT2D eigenvalue weighted by atomic mass is 79.9. The lowest BCUT2D eigenvalue weighted by molar-refractivity contribution is -0.119. The predicted octanol–water partition coefficient (Wildman–Crippen LogP) is 1.03. The first-order chi connectivity index (χ1) is 7.13. The van der Waals surface area contributed by atoms with Crippen molar-refractivity contribution in [3.8, 4) is 5.75 Å². The van der Waals surface area contributed by atoms with Crippen molar-refractivity contribution in [2.45, 2.75) is 6.54 Å². The lowest BCUT2D eigenvalue weighted by Gasteiger charge is -2.10. The fourth-order valence-electron chi connectivity index (χ4n) is 1.17. The molecule has 0 atom stereocenters. The molecule has 82 valence electrons. The maximum absolute atomic E-state index is 10.6. The second-order valence-electron chi connectivity index (χ2n) is 3.04. The zero-order valence-corrected chi connectivity index (χ0v) is 10.0. The van der Waals surface area contributed by atoms with Crippen LogP contribution in [0.25, 0.3) is 0 Å². The Morgan fingerprint density at radius 1 is 1.60 bits per heavy atom.